The first-order valence-corrected chi connectivity index (χ1v) is 8.31. The Morgan fingerprint density at radius 2 is 1.84 bits per heavy atom. The Kier molecular flexibility index (Phi) is 5.16. The van der Waals surface area contributed by atoms with Crippen molar-refractivity contribution in [2.75, 3.05) is 25.0 Å². The van der Waals surface area contributed by atoms with Crippen molar-refractivity contribution in [1.82, 2.24) is 15.1 Å². The first kappa shape index (κ1) is 14.7. The Labute approximate surface area is 120 Å². The van der Waals surface area contributed by atoms with Gasteiger partial charge in [-0.2, -0.15) is 0 Å². The van der Waals surface area contributed by atoms with Gasteiger partial charge in [-0.15, -0.1) is 10.2 Å². The van der Waals surface area contributed by atoms with Crippen molar-refractivity contribution in [2.24, 2.45) is 5.41 Å². The SMILES string of the molecule is CCNc1nnc(CN2CCC(CC)(CC)CC2)s1. The van der Waals surface area contributed by atoms with Crippen LogP contribution in [0.5, 0.6) is 0 Å². The van der Waals surface area contributed by atoms with E-state index >= 15 is 0 Å². The lowest BCUT2D eigenvalue weighted by Crippen LogP contribution is -2.39. The van der Waals surface area contributed by atoms with E-state index in [1.807, 2.05) is 0 Å². The molecule has 0 atom stereocenters. The second-order valence-corrected chi connectivity index (χ2v) is 6.58. The van der Waals surface area contributed by atoms with Gasteiger partial charge in [0.1, 0.15) is 5.01 Å². The molecule has 0 spiro atoms. The van der Waals surface area contributed by atoms with E-state index in [2.05, 4.69) is 41.2 Å². The molecule has 19 heavy (non-hydrogen) atoms. The third kappa shape index (κ3) is 3.66. The molecule has 1 fully saturated rings. The van der Waals surface area contributed by atoms with E-state index in [1.165, 1.54) is 38.8 Å². The summed E-state index contributed by atoms with van der Waals surface area (Å²) in [5.74, 6) is 0. The Bertz CT molecular complexity index is 377. The van der Waals surface area contributed by atoms with E-state index in [-0.39, 0.29) is 0 Å². The van der Waals surface area contributed by atoms with Crippen molar-refractivity contribution >= 4 is 16.5 Å². The van der Waals surface area contributed by atoms with E-state index in [9.17, 15) is 0 Å². The highest BCUT2D eigenvalue weighted by Crippen LogP contribution is 2.38. The van der Waals surface area contributed by atoms with Gasteiger partial charge in [0.15, 0.2) is 0 Å². The highest BCUT2D eigenvalue weighted by molar-refractivity contribution is 7.15. The summed E-state index contributed by atoms with van der Waals surface area (Å²) in [5.41, 5.74) is 0.604. The lowest BCUT2D eigenvalue weighted by Gasteiger charge is -2.40. The Balaban J connectivity index is 1.84. The summed E-state index contributed by atoms with van der Waals surface area (Å²) in [6, 6.07) is 0. The van der Waals surface area contributed by atoms with Gasteiger partial charge < -0.3 is 5.32 Å². The number of anilines is 1. The van der Waals surface area contributed by atoms with Crippen LogP contribution < -0.4 is 5.32 Å². The van der Waals surface area contributed by atoms with Crippen molar-refractivity contribution < 1.29 is 0 Å². The van der Waals surface area contributed by atoms with E-state index < -0.39 is 0 Å². The zero-order chi connectivity index (χ0) is 13.7. The molecule has 0 saturated carbocycles. The Hall–Kier alpha value is -0.680. The van der Waals surface area contributed by atoms with Gasteiger partial charge in [0.05, 0.1) is 6.54 Å². The molecule has 0 amide bonds. The van der Waals surface area contributed by atoms with Gasteiger partial charge >= 0.3 is 0 Å². The van der Waals surface area contributed by atoms with Crippen LogP contribution in [0.15, 0.2) is 0 Å². The fraction of sp³-hybridized carbons (Fsp3) is 0.857. The average Bonchev–Trinajstić information content (AvgIpc) is 2.88. The molecule has 0 bridgehead atoms. The summed E-state index contributed by atoms with van der Waals surface area (Å²) in [6.07, 6.45) is 5.30. The molecule has 1 N–H and O–H groups in total. The molecule has 0 aliphatic carbocycles. The summed E-state index contributed by atoms with van der Waals surface area (Å²) < 4.78 is 0. The highest BCUT2D eigenvalue weighted by atomic mass is 32.1. The smallest absolute Gasteiger partial charge is 0.205 e. The molecule has 4 nitrogen and oxygen atoms in total. The summed E-state index contributed by atoms with van der Waals surface area (Å²) in [5, 5.41) is 13.7. The van der Waals surface area contributed by atoms with Crippen molar-refractivity contribution in [1.29, 1.82) is 0 Å². The minimum Gasteiger partial charge on any atom is -0.360 e. The van der Waals surface area contributed by atoms with Crippen LogP contribution in [0.1, 0.15) is 51.5 Å². The monoisotopic (exact) mass is 282 g/mol. The van der Waals surface area contributed by atoms with Crippen LogP contribution in [0.25, 0.3) is 0 Å². The summed E-state index contributed by atoms with van der Waals surface area (Å²) in [6.45, 7) is 11.1. The maximum Gasteiger partial charge on any atom is 0.205 e. The number of hydrogen-bond donors (Lipinski definition) is 1. The zero-order valence-corrected chi connectivity index (χ0v) is 13.2. The summed E-state index contributed by atoms with van der Waals surface area (Å²) in [7, 11) is 0. The Morgan fingerprint density at radius 3 is 2.42 bits per heavy atom. The quantitative estimate of drug-likeness (QED) is 0.868. The minimum absolute atomic E-state index is 0.604. The van der Waals surface area contributed by atoms with Crippen LogP contribution in [-0.2, 0) is 6.54 Å². The van der Waals surface area contributed by atoms with Gasteiger partial charge in [0.25, 0.3) is 0 Å². The van der Waals surface area contributed by atoms with Crippen LogP contribution in [-0.4, -0.2) is 34.7 Å². The number of nitrogens with zero attached hydrogens (tertiary/aromatic N) is 3. The Morgan fingerprint density at radius 1 is 1.16 bits per heavy atom. The second kappa shape index (κ2) is 6.66. The third-order valence-electron chi connectivity index (χ3n) is 4.57. The minimum atomic E-state index is 0.604. The molecule has 0 aromatic carbocycles. The van der Waals surface area contributed by atoms with Crippen LogP contribution in [0.2, 0.25) is 0 Å². The number of piperidine rings is 1. The molecule has 1 saturated heterocycles. The van der Waals surface area contributed by atoms with Crippen LogP contribution in [0.3, 0.4) is 0 Å². The predicted molar refractivity (Wildman–Crippen MR) is 81.6 cm³/mol. The first-order valence-electron chi connectivity index (χ1n) is 7.50. The number of aromatic nitrogens is 2. The molecule has 1 aliphatic rings. The topological polar surface area (TPSA) is 41.1 Å². The van der Waals surface area contributed by atoms with Crippen LogP contribution in [0.4, 0.5) is 5.13 Å². The van der Waals surface area contributed by atoms with Crippen LogP contribution >= 0.6 is 11.3 Å². The maximum absolute atomic E-state index is 4.27. The molecule has 2 heterocycles. The first-order chi connectivity index (χ1) is 9.21. The molecule has 0 unspecified atom stereocenters. The molecule has 2 rings (SSSR count). The van der Waals surface area contributed by atoms with E-state index in [1.54, 1.807) is 11.3 Å². The molecule has 108 valence electrons. The fourth-order valence-corrected chi connectivity index (χ4v) is 3.72. The zero-order valence-electron chi connectivity index (χ0n) is 12.4. The average molecular weight is 282 g/mol. The second-order valence-electron chi connectivity index (χ2n) is 5.51. The fourth-order valence-electron chi connectivity index (χ4n) is 2.87. The van der Waals surface area contributed by atoms with Crippen molar-refractivity contribution in [3.05, 3.63) is 5.01 Å². The van der Waals surface area contributed by atoms with Gasteiger partial charge in [-0.3, -0.25) is 4.90 Å². The van der Waals surface area contributed by atoms with Gasteiger partial charge in [0.2, 0.25) is 5.13 Å². The highest BCUT2D eigenvalue weighted by Gasteiger charge is 2.31. The van der Waals surface area contributed by atoms with Crippen LogP contribution in [0, 0.1) is 5.41 Å². The van der Waals surface area contributed by atoms with Gasteiger partial charge in [-0.1, -0.05) is 38.0 Å². The molecular weight excluding hydrogens is 256 g/mol. The van der Waals surface area contributed by atoms with Gasteiger partial charge in [-0.05, 0) is 38.3 Å². The van der Waals surface area contributed by atoms with E-state index in [4.69, 9.17) is 0 Å². The lowest BCUT2D eigenvalue weighted by atomic mass is 9.74. The predicted octanol–water partition coefficient (Wildman–Crippen LogP) is 3.37. The summed E-state index contributed by atoms with van der Waals surface area (Å²) in [4.78, 5) is 2.53. The standard InChI is InChI=1S/C14H26N4S/c1-4-14(5-2)7-9-18(10-8-14)11-12-16-17-13(19-12)15-6-3/h4-11H2,1-3H3,(H,15,17). The molecule has 0 radical (unpaired) electrons. The number of nitrogens with one attached hydrogen (secondary N) is 1. The molecule has 1 aromatic rings. The molecule has 1 aliphatic heterocycles. The molecule has 5 heteroatoms. The van der Waals surface area contributed by atoms with Crippen molar-refractivity contribution in [2.45, 2.75) is 53.0 Å². The third-order valence-corrected chi connectivity index (χ3v) is 5.44. The largest absolute Gasteiger partial charge is 0.360 e. The number of likely N-dealkylation sites (tertiary alicyclic amines) is 1. The lowest BCUT2D eigenvalue weighted by molar-refractivity contribution is 0.0907. The van der Waals surface area contributed by atoms with E-state index in [0.717, 1.165) is 23.2 Å². The van der Waals surface area contributed by atoms with Gasteiger partial charge in [0, 0.05) is 6.54 Å². The maximum atomic E-state index is 4.27. The van der Waals surface area contributed by atoms with Crippen molar-refractivity contribution in [3.63, 3.8) is 0 Å². The van der Waals surface area contributed by atoms with E-state index in [0.29, 0.717) is 5.41 Å². The molecule has 1 aromatic heterocycles. The normalized spacial score (nSPS) is 19.5. The molecular formula is C14H26N4S. The van der Waals surface area contributed by atoms with Crippen molar-refractivity contribution in [3.8, 4) is 0 Å². The number of hydrogen-bond acceptors (Lipinski definition) is 5. The van der Waals surface area contributed by atoms with Gasteiger partial charge in [-0.25, -0.2) is 0 Å². The number of rotatable bonds is 6. The summed E-state index contributed by atoms with van der Waals surface area (Å²) >= 11 is 1.69.